The first-order chi connectivity index (χ1) is 12.5. The number of hydrogen-bond donors (Lipinski definition) is 1. The van der Waals surface area contributed by atoms with E-state index in [-0.39, 0.29) is 31.0 Å². The number of alkyl carbamates (subject to hydrolysis) is 1. The Hall–Kier alpha value is -2.57. The van der Waals surface area contributed by atoms with Crippen LogP contribution >= 0.6 is 0 Å². The highest BCUT2D eigenvalue weighted by Gasteiger charge is 2.46. The van der Waals surface area contributed by atoms with Gasteiger partial charge in [-0.25, -0.2) is 9.59 Å². The van der Waals surface area contributed by atoms with Crippen molar-refractivity contribution in [2.75, 3.05) is 13.2 Å². The van der Waals surface area contributed by atoms with Gasteiger partial charge in [0.25, 0.3) is 0 Å². The molecule has 1 aromatic carbocycles. The zero-order valence-electron chi connectivity index (χ0n) is 15.1. The van der Waals surface area contributed by atoms with Gasteiger partial charge in [-0.05, 0) is 38.2 Å². The Morgan fingerprint density at radius 3 is 2.42 bits per heavy atom. The van der Waals surface area contributed by atoms with Gasteiger partial charge in [0.1, 0.15) is 12.6 Å². The molecule has 2 rings (SSSR count). The molecule has 1 N–H and O–H groups in total. The third kappa shape index (κ3) is 6.06. The number of hydrogen-bond acceptors (Lipinski definition) is 6. The molecule has 1 aromatic rings. The maximum Gasteiger partial charge on any atom is 0.408 e. The van der Waals surface area contributed by atoms with Crippen molar-refractivity contribution in [1.29, 1.82) is 0 Å². The van der Waals surface area contributed by atoms with Gasteiger partial charge in [0.2, 0.25) is 0 Å². The van der Waals surface area contributed by atoms with Gasteiger partial charge in [-0.15, -0.1) is 0 Å². The summed E-state index contributed by atoms with van der Waals surface area (Å²) in [6.07, 6.45) is 0.276. The number of benzene rings is 1. The van der Waals surface area contributed by atoms with E-state index < -0.39 is 18.1 Å². The van der Waals surface area contributed by atoms with Crippen molar-refractivity contribution in [3.05, 3.63) is 35.9 Å². The van der Waals surface area contributed by atoms with Crippen LogP contribution in [0.3, 0.4) is 0 Å². The molecule has 0 radical (unpaired) electrons. The summed E-state index contributed by atoms with van der Waals surface area (Å²) < 4.78 is 15.2. The summed E-state index contributed by atoms with van der Waals surface area (Å²) in [6, 6.07) is 8.40. The van der Waals surface area contributed by atoms with E-state index in [1.807, 2.05) is 30.3 Å². The molecule has 0 aromatic heterocycles. The molecule has 0 unspecified atom stereocenters. The van der Waals surface area contributed by atoms with Crippen molar-refractivity contribution >= 4 is 18.0 Å². The average Bonchev–Trinajstić information content (AvgIpc) is 3.40. The smallest absolute Gasteiger partial charge is 0.408 e. The molecule has 0 aliphatic heterocycles. The summed E-state index contributed by atoms with van der Waals surface area (Å²) in [6.45, 7) is 4.09. The van der Waals surface area contributed by atoms with Gasteiger partial charge in [0.15, 0.2) is 0 Å². The quantitative estimate of drug-likeness (QED) is 0.535. The Bertz CT molecular complexity index is 618. The third-order valence-electron chi connectivity index (χ3n) is 4.13. The maximum absolute atomic E-state index is 12.1. The van der Waals surface area contributed by atoms with Crippen molar-refractivity contribution < 1.29 is 28.6 Å². The second-order valence-corrected chi connectivity index (χ2v) is 6.10. The first-order valence-corrected chi connectivity index (χ1v) is 8.85. The van der Waals surface area contributed by atoms with Gasteiger partial charge in [-0.1, -0.05) is 30.3 Å². The van der Waals surface area contributed by atoms with Gasteiger partial charge in [0, 0.05) is 0 Å². The highest BCUT2D eigenvalue weighted by Crippen LogP contribution is 2.43. The van der Waals surface area contributed by atoms with Crippen LogP contribution in [0.4, 0.5) is 4.79 Å². The summed E-state index contributed by atoms with van der Waals surface area (Å²) in [5, 5.41) is 2.55. The molecule has 1 amide bonds. The minimum atomic E-state index is -0.845. The Morgan fingerprint density at radius 1 is 1.08 bits per heavy atom. The molecular formula is C19H25NO6. The van der Waals surface area contributed by atoms with Gasteiger partial charge in [0.05, 0.1) is 19.1 Å². The lowest BCUT2D eigenvalue weighted by Gasteiger charge is -2.17. The summed E-state index contributed by atoms with van der Waals surface area (Å²) in [7, 11) is 0. The van der Waals surface area contributed by atoms with Crippen molar-refractivity contribution in [2.24, 2.45) is 11.8 Å². The lowest BCUT2D eigenvalue weighted by atomic mass is 10.1. The standard InChI is InChI=1S/C19H25NO6/c1-3-24-17(21)15-10-14(15)11-16(18(22)25-4-2)20-19(23)26-12-13-8-6-5-7-9-13/h5-9,14-16H,3-4,10-12H2,1-2H3,(H,20,23)/t14-,15-,16+/m0/s1. The van der Waals surface area contributed by atoms with Crippen LogP contribution in [0.1, 0.15) is 32.3 Å². The number of amides is 1. The van der Waals surface area contributed by atoms with Gasteiger partial charge >= 0.3 is 18.0 Å². The fourth-order valence-electron chi connectivity index (χ4n) is 2.71. The van der Waals surface area contributed by atoms with Crippen molar-refractivity contribution in [3.8, 4) is 0 Å². The molecule has 1 aliphatic carbocycles. The normalized spacial score (nSPS) is 19.2. The monoisotopic (exact) mass is 363 g/mol. The van der Waals surface area contributed by atoms with E-state index in [4.69, 9.17) is 14.2 Å². The first kappa shape index (κ1) is 19.8. The van der Waals surface area contributed by atoms with Crippen LogP contribution in [0.2, 0.25) is 0 Å². The lowest BCUT2D eigenvalue weighted by molar-refractivity contribution is -0.147. The zero-order chi connectivity index (χ0) is 18.9. The Balaban J connectivity index is 1.85. The van der Waals surface area contributed by atoms with E-state index in [0.29, 0.717) is 19.4 Å². The lowest BCUT2D eigenvalue weighted by Crippen LogP contribution is -2.42. The fraction of sp³-hybridized carbons (Fsp3) is 0.526. The molecule has 0 saturated heterocycles. The number of ether oxygens (including phenoxy) is 3. The van der Waals surface area contributed by atoms with Gasteiger partial charge in [-0.2, -0.15) is 0 Å². The Kier molecular flexibility index (Phi) is 7.44. The average molecular weight is 363 g/mol. The van der Waals surface area contributed by atoms with Crippen molar-refractivity contribution in [2.45, 2.75) is 39.3 Å². The van der Waals surface area contributed by atoms with E-state index in [9.17, 15) is 14.4 Å². The topological polar surface area (TPSA) is 90.9 Å². The SMILES string of the molecule is CCOC(=O)[C@H]1C[C@H]1C[C@@H](NC(=O)OCc1ccccc1)C(=O)OCC. The van der Waals surface area contributed by atoms with Crippen LogP contribution in [0, 0.1) is 11.8 Å². The minimum Gasteiger partial charge on any atom is -0.466 e. The molecule has 0 heterocycles. The highest BCUT2D eigenvalue weighted by atomic mass is 16.6. The third-order valence-corrected chi connectivity index (χ3v) is 4.13. The number of carbonyl (C=O) groups is 3. The summed E-state index contributed by atoms with van der Waals surface area (Å²) in [5.41, 5.74) is 0.847. The first-order valence-electron chi connectivity index (χ1n) is 8.85. The van der Waals surface area contributed by atoms with Gasteiger partial charge in [-0.3, -0.25) is 4.79 Å². The van der Waals surface area contributed by atoms with Crippen LogP contribution in [0.15, 0.2) is 30.3 Å². The predicted octanol–water partition coefficient (Wildman–Crippen LogP) is 2.43. The molecule has 142 valence electrons. The molecule has 1 saturated carbocycles. The predicted molar refractivity (Wildman–Crippen MR) is 93.0 cm³/mol. The van der Waals surface area contributed by atoms with Gasteiger partial charge < -0.3 is 19.5 Å². The summed E-state index contributed by atoms with van der Waals surface area (Å²) in [5.74, 6) is -1.00. The van der Waals surface area contributed by atoms with Crippen LogP contribution in [-0.2, 0) is 30.4 Å². The largest absolute Gasteiger partial charge is 0.466 e. The number of nitrogens with one attached hydrogen (secondary N) is 1. The van der Waals surface area contributed by atoms with E-state index in [2.05, 4.69) is 5.32 Å². The van der Waals surface area contributed by atoms with Crippen LogP contribution < -0.4 is 5.32 Å². The fourth-order valence-corrected chi connectivity index (χ4v) is 2.71. The second kappa shape index (κ2) is 9.79. The molecule has 1 aliphatic rings. The van der Waals surface area contributed by atoms with Crippen LogP contribution in [-0.4, -0.2) is 37.3 Å². The molecule has 26 heavy (non-hydrogen) atoms. The van der Waals surface area contributed by atoms with E-state index in [1.54, 1.807) is 13.8 Å². The number of rotatable bonds is 9. The number of esters is 2. The number of carbonyl (C=O) groups excluding carboxylic acids is 3. The highest BCUT2D eigenvalue weighted by molar-refractivity contribution is 5.82. The van der Waals surface area contributed by atoms with E-state index in [0.717, 1.165) is 5.56 Å². The molecule has 7 nitrogen and oxygen atoms in total. The maximum atomic E-state index is 12.1. The molecular weight excluding hydrogens is 338 g/mol. The van der Waals surface area contributed by atoms with Crippen LogP contribution in [0.25, 0.3) is 0 Å². The molecule has 0 spiro atoms. The minimum absolute atomic E-state index is 0.00196. The molecule has 3 atom stereocenters. The van der Waals surface area contributed by atoms with Crippen molar-refractivity contribution in [3.63, 3.8) is 0 Å². The second-order valence-electron chi connectivity index (χ2n) is 6.10. The summed E-state index contributed by atoms with van der Waals surface area (Å²) >= 11 is 0. The zero-order valence-corrected chi connectivity index (χ0v) is 15.1. The van der Waals surface area contributed by atoms with E-state index >= 15 is 0 Å². The summed E-state index contributed by atoms with van der Waals surface area (Å²) in [4.78, 5) is 35.9. The Labute approximate surface area is 153 Å². The van der Waals surface area contributed by atoms with Crippen LogP contribution in [0.5, 0.6) is 0 Å². The van der Waals surface area contributed by atoms with Crippen molar-refractivity contribution in [1.82, 2.24) is 5.32 Å². The molecule has 0 bridgehead atoms. The molecule has 7 heteroatoms. The Morgan fingerprint density at radius 2 is 1.77 bits per heavy atom. The van der Waals surface area contributed by atoms with E-state index in [1.165, 1.54) is 0 Å². The molecule has 1 fully saturated rings.